The normalized spacial score (nSPS) is 26.4. The van der Waals surface area contributed by atoms with Crippen LogP contribution in [0.5, 0.6) is 0 Å². The zero-order valence-electron chi connectivity index (χ0n) is 9.57. The maximum absolute atomic E-state index is 13.0. The Morgan fingerprint density at radius 3 is 2.37 bits per heavy atom. The van der Waals surface area contributed by atoms with E-state index in [1.807, 2.05) is 4.72 Å². The second kappa shape index (κ2) is 4.76. The molecule has 0 radical (unpaired) electrons. The number of hydrogen-bond donors (Lipinski definition) is 1. The van der Waals surface area contributed by atoms with Gasteiger partial charge in [0.1, 0.15) is 0 Å². The molecule has 1 aliphatic rings. The summed E-state index contributed by atoms with van der Waals surface area (Å²) < 4.78 is 45.3. The molecule has 0 bridgehead atoms. The summed E-state index contributed by atoms with van der Waals surface area (Å²) in [5.41, 5.74) is -4.69. The first-order valence-corrected chi connectivity index (χ1v) is 7.03. The van der Waals surface area contributed by atoms with Crippen molar-refractivity contribution in [2.75, 3.05) is 5.75 Å². The van der Waals surface area contributed by atoms with E-state index in [0.717, 1.165) is 0 Å². The fourth-order valence-electron chi connectivity index (χ4n) is 1.56. The Morgan fingerprint density at radius 1 is 1.26 bits per heavy atom. The van der Waals surface area contributed by atoms with E-state index in [-0.39, 0.29) is 12.0 Å². The summed E-state index contributed by atoms with van der Waals surface area (Å²) in [4.78, 5) is 22.7. The molecule has 0 aromatic heterocycles. The number of rotatable bonds is 2. The minimum Gasteiger partial charge on any atom is -0.388 e. The van der Waals surface area contributed by atoms with Crippen molar-refractivity contribution in [1.82, 2.24) is 4.72 Å². The largest absolute Gasteiger partial charge is 0.474 e. The number of carbonyl (C=O) groups excluding carboxylic acids is 2. The first-order valence-electron chi connectivity index (χ1n) is 5.31. The van der Waals surface area contributed by atoms with Crippen molar-refractivity contribution >= 4 is 22.4 Å². The molecule has 0 spiro atoms. The Morgan fingerprint density at radius 2 is 1.89 bits per heavy atom. The van der Waals surface area contributed by atoms with Crippen LogP contribution >= 0.6 is 10.5 Å². The first-order chi connectivity index (χ1) is 8.84. The van der Waals surface area contributed by atoms with Crippen molar-refractivity contribution in [2.45, 2.75) is 11.9 Å². The van der Waals surface area contributed by atoms with Crippen LogP contribution in [0.4, 0.5) is 13.2 Å². The molecular weight excluding hydrogens is 283 g/mol. The summed E-state index contributed by atoms with van der Waals surface area (Å²) in [6.07, 6.45) is -0.343. The molecule has 1 fully saturated rings. The van der Waals surface area contributed by atoms with E-state index in [1.54, 1.807) is 6.07 Å². The number of hydrogen-bond acceptors (Lipinski definition) is 3. The highest BCUT2D eigenvalue weighted by Crippen LogP contribution is 2.63. The monoisotopic (exact) mass is 293 g/mol. The average molecular weight is 293 g/mol. The number of halogens is 3. The first kappa shape index (κ1) is 13.7. The van der Waals surface area contributed by atoms with Gasteiger partial charge >= 0.3 is 11.5 Å². The predicted octanol–water partition coefficient (Wildman–Crippen LogP) is 2.52. The van der Waals surface area contributed by atoms with Crippen LogP contribution in [0.15, 0.2) is 30.3 Å². The Labute approximate surface area is 108 Å². The Bertz CT molecular complexity index is 506. The van der Waals surface area contributed by atoms with Crippen LogP contribution in [-0.2, 0) is 8.98 Å². The zero-order chi connectivity index (χ0) is 14.1. The number of alkyl halides is 3. The molecule has 1 N–H and O–H groups in total. The van der Waals surface area contributed by atoms with Gasteiger partial charge < -0.3 is 4.18 Å². The number of benzene rings is 1. The van der Waals surface area contributed by atoms with Crippen molar-refractivity contribution in [3.63, 3.8) is 0 Å². The SMILES string of the molecule is O=C1CCS(NC(=O)c2ccccc2)(C(F)(F)F)O1. The van der Waals surface area contributed by atoms with Crippen LogP contribution in [0.3, 0.4) is 0 Å². The van der Waals surface area contributed by atoms with E-state index in [0.29, 0.717) is 0 Å². The van der Waals surface area contributed by atoms with Gasteiger partial charge in [-0.3, -0.25) is 14.3 Å². The molecule has 1 unspecified atom stereocenters. The van der Waals surface area contributed by atoms with Gasteiger partial charge in [0.2, 0.25) is 0 Å². The molecule has 1 saturated heterocycles. The summed E-state index contributed by atoms with van der Waals surface area (Å²) in [6.45, 7) is 0. The maximum Gasteiger partial charge on any atom is 0.474 e. The smallest absolute Gasteiger partial charge is 0.388 e. The van der Waals surface area contributed by atoms with Gasteiger partial charge in [0, 0.05) is 11.3 Å². The third-order valence-electron chi connectivity index (χ3n) is 2.50. The van der Waals surface area contributed by atoms with Gasteiger partial charge in [-0.05, 0) is 12.1 Å². The lowest BCUT2D eigenvalue weighted by atomic mass is 10.2. The summed E-state index contributed by atoms with van der Waals surface area (Å²) in [6, 6.07) is 7.47. The van der Waals surface area contributed by atoms with Gasteiger partial charge in [-0.15, -0.1) is 0 Å². The highest BCUT2D eigenvalue weighted by atomic mass is 32.3. The fraction of sp³-hybridized carbons (Fsp3) is 0.273. The molecule has 0 saturated carbocycles. The lowest BCUT2D eigenvalue weighted by molar-refractivity contribution is -0.133. The molecule has 19 heavy (non-hydrogen) atoms. The van der Waals surface area contributed by atoms with Gasteiger partial charge in [0.05, 0.1) is 16.9 Å². The Kier molecular flexibility index (Phi) is 3.44. The van der Waals surface area contributed by atoms with E-state index >= 15 is 0 Å². The molecule has 1 amide bonds. The van der Waals surface area contributed by atoms with Gasteiger partial charge in [0.25, 0.3) is 5.91 Å². The number of amides is 1. The topological polar surface area (TPSA) is 55.4 Å². The zero-order valence-corrected chi connectivity index (χ0v) is 10.4. The molecule has 1 atom stereocenters. The molecule has 1 aromatic rings. The minimum atomic E-state index is -4.77. The molecule has 1 heterocycles. The summed E-state index contributed by atoms with van der Waals surface area (Å²) >= 11 is 0. The van der Waals surface area contributed by atoms with Crippen LogP contribution in [0, 0.1) is 0 Å². The predicted molar refractivity (Wildman–Crippen MR) is 63.1 cm³/mol. The molecule has 1 aliphatic heterocycles. The highest BCUT2D eigenvalue weighted by molar-refractivity contribution is 8.29. The molecule has 104 valence electrons. The standard InChI is InChI=1S/C11H10F3NO3S/c12-11(13,14)19(7-6-9(16)18-19)15-10(17)8-4-2-1-3-5-8/h1-5H,6-7H2,(H,15,17). The van der Waals surface area contributed by atoms with Crippen molar-refractivity contribution in [3.8, 4) is 0 Å². The highest BCUT2D eigenvalue weighted by Gasteiger charge is 2.58. The van der Waals surface area contributed by atoms with Crippen molar-refractivity contribution < 1.29 is 26.9 Å². The third-order valence-corrected chi connectivity index (χ3v) is 5.01. The van der Waals surface area contributed by atoms with E-state index < -0.39 is 33.6 Å². The van der Waals surface area contributed by atoms with Crippen LogP contribution in [0.2, 0.25) is 0 Å². The Balaban J connectivity index is 2.23. The van der Waals surface area contributed by atoms with E-state index in [4.69, 9.17) is 0 Å². The minimum absolute atomic E-state index is 0.0848. The van der Waals surface area contributed by atoms with Gasteiger partial charge in [-0.25, -0.2) is 0 Å². The maximum atomic E-state index is 13.0. The molecular formula is C11H10F3NO3S. The van der Waals surface area contributed by atoms with E-state index in [2.05, 4.69) is 4.18 Å². The summed E-state index contributed by atoms with van der Waals surface area (Å²) in [5.74, 6) is -2.38. The molecule has 2 rings (SSSR count). The number of carbonyl (C=O) groups is 2. The van der Waals surface area contributed by atoms with Crippen LogP contribution in [0.1, 0.15) is 16.8 Å². The van der Waals surface area contributed by atoms with Crippen LogP contribution < -0.4 is 4.72 Å². The van der Waals surface area contributed by atoms with Gasteiger partial charge in [-0.1, -0.05) is 18.2 Å². The number of nitrogens with one attached hydrogen (secondary N) is 1. The van der Waals surface area contributed by atoms with E-state index in [1.165, 1.54) is 24.3 Å². The molecule has 0 aliphatic carbocycles. The van der Waals surface area contributed by atoms with Gasteiger partial charge in [-0.2, -0.15) is 13.2 Å². The quantitative estimate of drug-likeness (QED) is 0.911. The fourth-order valence-corrected chi connectivity index (χ4v) is 3.50. The average Bonchev–Trinajstić information content (AvgIpc) is 2.72. The summed E-state index contributed by atoms with van der Waals surface area (Å²) in [7, 11) is -3.92. The molecule has 4 nitrogen and oxygen atoms in total. The third kappa shape index (κ3) is 2.67. The van der Waals surface area contributed by atoms with Gasteiger partial charge in [0.15, 0.2) is 0 Å². The lowest BCUT2D eigenvalue weighted by Gasteiger charge is -2.35. The second-order valence-electron chi connectivity index (χ2n) is 3.83. The van der Waals surface area contributed by atoms with Crippen molar-refractivity contribution in [1.29, 1.82) is 0 Å². The Hall–Kier alpha value is -1.70. The second-order valence-corrected chi connectivity index (χ2v) is 6.42. The van der Waals surface area contributed by atoms with Crippen molar-refractivity contribution in [2.24, 2.45) is 0 Å². The van der Waals surface area contributed by atoms with Crippen molar-refractivity contribution in [3.05, 3.63) is 35.9 Å². The lowest BCUT2D eigenvalue weighted by Crippen LogP contribution is -2.37. The van der Waals surface area contributed by atoms with Crippen LogP contribution in [-0.4, -0.2) is 23.1 Å². The molecule has 8 heteroatoms. The summed E-state index contributed by atoms with van der Waals surface area (Å²) in [5, 5.41) is 0. The molecule has 1 aromatic carbocycles. The van der Waals surface area contributed by atoms with Crippen LogP contribution in [0.25, 0.3) is 0 Å². The van der Waals surface area contributed by atoms with E-state index in [9.17, 15) is 22.8 Å².